The Morgan fingerprint density at radius 2 is 2.46 bits per heavy atom. The normalized spacial score (nSPS) is 19.7. The average Bonchev–Trinajstić information content (AvgIpc) is 2.46. The average molecular weight is 182 g/mol. The summed E-state index contributed by atoms with van der Waals surface area (Å²) in [7, 11) is 1.63. The molecule has 0 aliphatic carbocycles. The second kappa shape index (κ2) is 3.34. The highest BCUT2D eigenvalue weighted by atomic mass is 19.1. The monoisotopic (exact) mass is 182 g/mol. The highest BCUT2D eigenvalue weighted by Crippen LogP contribution is 2.29. The minimum Gasteiger partial charge on any atom is -0.487 e. The van der Waals surface area contributed by atoms with Crippen LogP contribution < -0.4 is 4.74 Å². The third kappa shape index (κ3) is 1.65. The van der Waals surface area contributed by atoms with Crippen LogP contribution in [0.1, 0.15) is 5.56 Å². The SMILES string of the molecule is COCC1Cc2ccc(F)cc2O1. The molecule has 0 N–H and O–H groups in total. The van der Waals surface area contributed by atoms with E-state index in [0.717, 1.165) is 12.0 Å². The van der Waals surface area contributed by atoms with Gasteiger partial charge in [-0.3, -0.25) is 0 Å². The van der Waals surface area contributed by atoms with Crippen molar-refractivity contribution < 1.29 is 13.9 Å². The van der Waals surface area contributed by atoms with Gasteiger partial charge in [0.2, 0.25) is 0 Å². The fourth-order valence-corrected chi connectivity index (χ4v) is 1.55. The van der Waals surface area contributed by atoms with Crippen molar-refractivity contribution in [3.8, 4) is 5.75 Å². The molecule has 1 aromatic rings. The zero-order valence-electron chi connectivity index (χ0n) is 7.42. The van der Waals surface area contributed by atoms with E-state index < -0.39 is 0 Å². The van der Waals surface area contributed by atoms with Gasteiger partial charge in [0.25, 0.3) is 0 Å². The van der Waals surface area contributed by atoms with Gasteiger partial charge in [0.15, 0.2) is 0 Å². The molecule has 1 heterocycles. The summed E-state index contributed by atoms with van der Waals surface area (Å²) in [6, 6.07) is 4.64. The molecule has 0 bridgehead atoms. The Hall–Kier alpha value is -1.09. The smallest absolute Gasteiger partial charge is 0.126 e. The lowest BCUT2D eigenvalue weighted by Gasteiger charge is -2.07. The number of fused-ring (bicyclic) bond motifs is 1. The standard InChI is InChI=1S/C10H11FO2/c1-12-6-9-4-7-2-3-8(11)5-10(7)13-9/h2-3,5,9H,4,6H2,1H3. The van der Waals surface area contributed by atoms with Gasteiger partial charge in [-0.05, 0) is 11.6 Å². The fraction of sp³-hybridized carbons (Fsp3) is 0.400. The van der Waals surface area contributed by atoms with Crippen LogP contribution in [0.2, 0.25) is 0 Å². The van der Waals surface area contributed by atoms with Gasteiger partial charge in [-0.2, -0.15) is 0 Å². The Labute approximate surface area is 76.3 Å². The third-order valence-corrected chi connectivity index (χ3v) is 2.12. The van der Waals surface area contributed by atoms with E-state index in [4.69, 9.17) is 9.47 Å². The number of hydrogen-bond donors (Lipinski definition) is 0. The Balaban J connectivity index is 2.16. The van der Waals surface area contributed by atoms with E-state index in [9.17, 15) is 4.39 Å². The Morgan fingerprint density at radius 3 is 3.23 bits per heavy atom. The molecule has 0 saturated heterocycles. The van der Waals surface area contributed by atoms with Crippen molar-refractivity contribution in [1.82, 2.24) is 0 Å². The second-order valence-corrected chi connectivity index (χ2v) is 3.15. The summed E-state index contributed by atoms with van der Waals surface area (Å²) >= 11 is 0. The minimum absolute atomic E-state index is 0.0433. The predicted molar refractivity (Wildman–Crippen MR) is 46.4 cm³/mol. The number of halogens is 1. The lowest BCUT2D eigenvalue weighted by molar-refractivity contribution is 0.0950. The molecular formula is C10H11FO2. The van der Waals surface area contributed by atoms with Gasteiger partial charge in [-0.15, -0.1) is 0 Å². The summed E-state index contributed by atoms with van der Waals surface area (Å²) in [5.74, 6) is 0.402. The van der Waals surface area contributed by atoms with Crippen molar-refractivity contribution in [3.05, 3.63) is 29.6 Å². The molecule has 0 saturated carbocycles. The maximum Gasteiger partial charge on any atom is 0.126 e. The molecule has 3 heteroatoms. The molecular weight excluding hydrogens is 171 g/mol. The zero-order chi connectivity index (χ0) is 9.26. The largest absolute Gasteiger partial charge is 0.487 e. The fourth-order valence-electron chi connectivity index (χ4n) is 1.55. The van der Waals surface area contributed by atoms with Gasteiger partial charge in [0.1, 0.15) is 17.7 Å². The van der Waals surface area contributed by atoms with Crippen LogP contribution in [0.3, 0.4) is 0 Å². The van der Waals surface area contributed by atoms with Crippen LogP contribution in [0.15, 0.2) is 18.2 Å². The summed E-state index contributed by atoms with van der Waals surface area (Å²) in [5.41, 5.74) is 1.06. The number of ether oxygens (including phenoxy) is 2. The van der Waals surface area contributed by atoms with Crippen LogP contribution in [0, 0.1) is 5.82 Å². The molecule has 70 valence electrons. The van der Waals surface area contributed by atoms with E-state index in [-0.39, 0.29) is 11.9 Å². The van der Waals surface area contributed by atoms with Crippen molar-refractivity contribution in [3.63, 3.8) is 0 Å². The van der Waals surface area contributed by atoms with E-state index >= 15 is 0 Å². The summed E-state index contributed by atoms with van der Waals surface area (Å²) in [5, 5.41) is 0. The van der Waals surface area contributed by atoms with Gasteiger partial charge in [0.05, 0.1) is 6.61 Å². The Bertz CT molecular complexity index is 312. The molecule has 0 spiro atoms. The maximum absolute atomic E-state index is 12.8. The topological polar surface area (TPSA) is 18.5 Å². The van der Waals surface area contributed by atoms with Crippen molar-refractivity contribution in [1.29, 1.82) is 0 Å². The van der Waals surface area contributed by atoms with E-state index in [1.807, 2.05) is 0 Å². The molecule has 2 rings (SSSR count). The zero-order valence-corrected chi connectivity index (χ0v) is 7.42. The molecule has 0 fully saturated rings. The van der Waals surface area contributed by atoms with Crippen molar-refractivity contribution >= 4 is 0 Å². The molecule has 1 aliphatic heterocycles. The maximum atomic E-state index is 12.8. The predicted octanol–water partition coefficient (Wildman–Crippen LogP) is 1.78. The third-order valence-electron chi connectivity index (χ3n) is 2.12. The first-order chi connectivity index (χ1) is 6.29. The van der Waals surface area contributed by atoms with Crippen LogP contribution in [0.25, 0.3) is 0 Å². The summed E-state index contributed by atoms with van der Waals surface area (Å²) in [6.45, 7) is 0.552. The van der Waals surface area contributed by atoms with Crippen LogP contribution in [0.4, 0.5) is 4.39 Å². The Morgan fingerprint density at radius 1 is 1.62 bits per heavy atom. The lowest BCUT2D eigenvalue weighted by atomic mass is 10.1. The first-order valence-corrected chi connectivity index (χ1v) is 4.23. The first kappa shape index (κ1) is 8.51. The van der Waals surface area contributed by atoms with Crippen LogP contribution in [-0.2, 0) is 11.2 Å². The van der Waals surface area contributed by atoms with Gasteiger partial charge >= 0.3 is 0 Å². The first-order valence-electron chi connectivity index (χ1n) is 4.23. The van der Waals surface area contributed by atoms with Crippen molar-refractivity contribution in [2.75, 3.05) is 13.7 Å². The number of methoxy groups -OCH3 is 1. The van der Waals surface area contributed by atoms with E-state index in [1.54, 1.807) is 13.2 Å². The molecule has 1 atom stereocenters. The number of benzene rings is 1. The minimum atomic E-state index is -0.253. The van der Waals surface area contributed by atoms with Gasteiger partial charge in [-0.1, -0.05) is 6.07 Å². The number of hydrogen-bond acceptors (Lipinski definition) is 2. The van der Waals surface area contributed by atoms with Gasteiger partial charge < -0.3 is 9.47 Å². The quantitative estimate of drug-likeness (QED) is 0.694. The van der Waals surface area contributed by atoms with E-state index in [0.29, 0.717) is 12.4 Å². The molecule has 1 aromatic carbocycles. The summed E-state index contributed by atoms with van der Waals surface area (Å²) < 4.78 is 23.2. The highest BCUT2D eigenvalue weighted by Gasteiger charge is 2.22. The van der Waals surface area contributed by atoms with Crippen LogP contribution in [0.5, 0.6) is 5.75 Å². The molecule has 1 aliphatic rings. The Kier molecular flexibility index (Phi) is 2.19. The van der Waals surface area contributed by atoms with Crippen LogP contribution >= 0.6 is 0 Å². The van der Waals surface area contributed by atoms with E-state index in [1.165, 1.54) is 12.1 Å². The summed E-state index contributed by atoms with van der Waals surface area (Å²) in [6.07, 6.45) is 0.852. The highest BCUT2D eigenvalue weighted by molar-refractivity contribution is 5.37. The lowest BCUT2D eigenvalue weighted by Crippen LogP contribution is -2.19. The van der Waals surface area contributed by atoms with Gasteiger partial charge in [-0.25, -0.2) is 4.39 Å². The molecule has 2 nitrogen and oxygen atoms in total. The molecule has 0 aromatic heterocycles. The second-order valence-electron chi connectivity index (χ2n) is 3.15. The molecule has 0 amide bonds. The van der Waals surface area contributed by atoms with Crippen molar-refractivity contribution in [2.24, 2.45) is 0 Å². The van der Waals surface area contributed by atoms with E-state index in [2.05, 4.69) is 0 Å². The van der Waals surface area contributed by atoms with Gasteiger partial charge in [0, 0.05) is 19.6 Å². The molecule has 0 radical (unpaired) electrons. The summed E-state index contributed by atoms with van der Waals surface area (Å²) in [4.78, 5) is 0. The molecule has 1 unspecified atom stereocenters. The molecule has 13 heavy (non-hydrogen) atoms. The van der Waals surface area contributed by atoms with Crippen molar-refractivity contribution in [2.45, 2.75) is 12.5 Å². The number of rotatable bonds is 2. The van der Waals surface area contributed by atoms with Crippen LogP contribution in [-0.4, -0.2) is 19.8 Å².